The van der Waals surface area contributed by atoms with Gasteiger partial charge < -0.3 is 10.6 Å². The Bertz CT molecular complexity index is 323. The standard InChI is InChI=1S/C15H28N2OS/c1-15(2,3)12-7-8-14(18)17(11-9-12)10-5-4-6-13(16)19/h12H,4-11H2,1-3H3,(H2,16,19). The van der Waals surface area contributed by atoms with Crippen molar-refractivity contribution in [3.63, 3.8) is 0 Å². The van der Waals surface area contributed by atoms with E-state index in [2.05, 4.69) is 20.8 Å². The number of rotatable bonds is 5. The molecule has 1 fully saturated rings. The highest BCUT2D eigenvalue weighted by molar-refractivity contribution is 7.80. The molecule has 0 aromatic rings. The van der Waals surface area contributed by atoms with E-state index in [1.54, 1.807) is 0 Å². The molecule has 2 N–H and O–H groups in total. The zero-order valence-corrected chi connectivity index (χ0v) is 13.4. The fraction of sp³-hybridized carbons (Fsp3) is 0.867. The molecule has 1 aliphatic rings. The molecule has 0 saturated carbocycles. The molecule has 4 heteroatoms. The van der Waals surface area contributed by atoms with Crippen LogP contribution in [0.2, 0.25) is 0 Å². The maximum atomic E-state index is 12.1. The zero-order chi connectivity index (χ0) is 14.5. The second-order valence-electron chi connectivity index (χ2n) is 6.69. The summed E-state index contributed by atoms with van der Waals surface area (Å²) in [5, 5.41) is 0. The molecule has 1 atom stereocenters. The third-order valence-electron chi connectivity index (χ3n) is 4.13. The summed E-state index contributed by atoms with van der Waals surface area (Å²) < 4.78 is 0. The van der Waals surface area contributed by atoms with Crippen molar-refractivity contribution in [1.82, 2.24) is 4.90 Å². The van der Waals surface area contributed by atoms with Crippen molar-refractivity contribution in [2.75, 3.05) is 13.1 Å². The summed E-state index contributed by atoms with van der Waals surface area (Å²) >= 11 is 4.86. The van der Waals surface area contributed by atoms with Crippen molar-refractivity contribution in [3.05, 3.63) is 0 Å². The first kappa shape index (κ1) is 16.4. The van der Waals surface area contributed by atoms with Crippen LogP contribution in [0.4, 0.5) is 0 Å². The highest BCUT2D eigenvalue weighted by Crippen LogP contribution is 2.34. The molecule has 1 saturated heterocycles. The van der Waals surface area contributed by atoms with Gasteiger partial charge in [0.05, 0.1) is 4.99 Å². The van der Waals surface area contributed by atoms with E-state index in [4.69, 9.17) is 18.0 Å². The summed E-state index contributed by atoms with van der Waals surface area (Å²) in [4.78, 5) is 14.7. The van der Waals surface area contributed by atoms with E-state index in [1.165, 1.54) is 0 Å². The second kappa shape index (κ2) is 7.22. The Morgan fingerprint density at radius 1 is 1.37 bits per heavy atom. The van der Waals surface area contributed by atoms with Crippen LogP contribution in [0.15, 0.2) is 0 Å². The third-order valence-corrected chi connectivity index (χ3v) is 4.34. The smallest absolute Gasteiger partial charge is 0.222 e. The van der Waals surface area contributed by atoms with E-state index in [0.29, 0.717) is 28.6 Å². The third kappa shape index (κ3) is 5.89. The summed E-state index contributed by atoms with van der Waals surface area (Å²) in [6.45, 7) is 8.60. The van der Waals surface area contributed by atoms with E-state index in [9.17, 15) is 4.79 Å². The zero-order valence-electron chi connectivity index (χ0n) is 12.6. The first-order valence-electron chi connectivity index (χ1n) is 7.37. The molecule has 3 nitrogen and oxygen atoms in total. The van der Waals surface area contributed by atoms with Gasteiger partial charge in [-0.2, -0.15) is 0 Å². The molecule has 1 heterocycles. The number of hydrogen-bond donors (Lipinski definition) is 1. The first-order chi connectivity index (χ1) is 8.80. The molecule has 1 rings (SSSR count). The lowest BCUT2D eigenvalue weighted by molar-refractivity contribution is -0.130. The Morgan fingerprint density at radius 2 is 2.05 bits per heavy atom. The van der Waals surface area contributed by atoms with Crippen molar-refractivity contribution in [3.8, 4) is 0 Å². The van der Waals surface area contributed by atoms with Crippen molar-refractivity contribution in [1.29, 1.82) is 0 Å². The van der Waals surface area contributed by atoms with Crippen LogP contribution in [0.5, 0.6) is 0 Å². The Balaban J connectivity index is 2.39. The minimum atomic E-state index is 0.308. The average molecular weight is 284 g/mol. The van der Waals surface area contributed by atoms with Crippen LogP contribution in [0.3, 0.4) is 0 Å². The molecular weight excluding hydrogens is 256 g/mol. The predicted molar refractivity (Wildman–Crippen MR) is 84.0 cm³/mol. The predicted octanol–water partition coefficient (Wildman–Crippen LogP) is 3.12. The second-order valence-corrected chi connectivity index (χ2v) is 7.22. The van der Waals surface area contributed by atoms with E-state index >= 15 is 0 Å². The van der Waals surface area contributed by atoms with Gasteiger partial charge in [-0.25, -0.2) is 0 Å². The normalized spacial score (nSPS) is 21.3. The molecule has 19 heavy (non-hydrogen) atoms. The summed E-state index contributed by atoms with van der Waals surface area (Å²) in [7, 11) is 0. The van der Waals surface area contributed by atoms with Crippen LogP contribution >= 0.6 is 12.2 Å². The van der Waals surface area contributed by atoms with Crippen LogP contribution in [-0.4, -0.2) is 28.9 Å². The Kier molecular flexibility index (Phi) is 6.24. The van der Waals surface area contributed by atoms with Gasteiger partial charge in [0, 0.05) is 19.5 Å². The van der Waals surface area contributed by atoms with Crippen molar-refractivity contribution in [2.45, 2.75) is 59.3 Å². The van der Waals surface area contributed by atoms with Crippen molar-refractivity contribution >= 4 is 23.1 Å². The van der Waals surface area contributed by atoms with Crippen LogP contribution in [0, 0.1) is 11.3 Å². The maximum Gasteiger partial charge on any atom is 0.222 e. The lowest BCUT2D eigenvalue weighted by atomic mass is 9.77. The Labute approximate surface area is 122 Å². The number of unbranched alkanes of at least 4 members (excludes halogenated alkanes) is 1. The average Bonchev–Trinajstić information content (AvgIpc) is 2.46. The van der Waals surface area contributed by atoms with Crippen molar-refractivity contribution in [2.24, 2.45) is 17.1 Å². The molecule has 0 aromatic heterocycles. The van der Waals surface area contributed by atoms with Gasteiger partial charge in [-0.1, -0.05) is 33.0 Å². The minimum Gasteiger partial charge on any atom is -0.393 e. The highest BCUT2D eigenvalue weighted by Gasteiger charge is 2.29. The quantitative estimate of drug-likeness (QED) is 0.623. The van der Waals surface area contributed by atoms with E-state index in [0.717, 1.165) is 45.2 Å². The van der Waals surface area contributed by atoms with Gasteiger partial charge in [0.15, 0.2) is 0 Å². The van der Waals surface area contributed by atoms with Gasteiger partial charge in [0.25, 0.3) is 0 Å². The molecule has 110 valence electrons. The molecular formula is C15H28N2OS. The van der Waals surface area contributed by atoms with E-state index in [1.807, 2.05) is 4.90 Å². The fourth-order valence-electron chi connectivity index (χ4n) is 2.74. The van der Waals surface area contributed by atoms with E-state index in [-0.39, 0.29) is 0 Å². The molecule has 0 spiro atoms. The molecule has 1 amide bonds. The molecule has 0 radical (unpaired) electrons. The molecule has 0 aromatic carbocycles. The number of likely N-dealkylation sites (tertiary alicyclic amines) is 1. The van der Waals surface area contributed by atoms with Gasteiger partial charge >= 0.3 is 0 Å². The Hall–Kier alpha value is -0.640. The van der Waals surface area contributed by atoms with Crippen LogP contribution in [0.1, 0.15) is 59.3 Å². The van der Waals surface area contributed by atoms with Gasteiger partial charge in [-0.3, -0.25) is 4.79 Å². The lowest BCUT2D eigenvalue weighted by Gasteiger charge is -2.29. The van der Waals surface area contributed by atoms with Gasteiger partial charge in [-0.05, 0) is 43.4 Å². The Morgan fingerprint density at radius 3 is 2.63 bits per heavy atom. The summed E-state index contributed by atoms with van der Waals surface area (Å²) in [6, 6.07) is 0. The number of amides is 1. The van der Waals surface area contributed by atoms with Crippen LogP contribution in [0.25, 0.3) is 0 Å². The monoisotopic (exact) mass is 284 g/mol. The minimum absolute atomic E-state index is 0.308. The largest absolute Gasteiger partial charge is 0.393 e. The lowest BCUT2D eigenvalue weighted by Crippen LogP contribution is -2.31. The molecule has 0 bridgehead atoms. The fourth-order valence-corrected chi connectivity index (χ4v) is 2.89. The summed E-state index contributed by atoms with van der Waals surface area (Å²) in [5.74, 6) is 0.972. The maximum absolute atomic E-state index is 12.1. The SMILES string of the molecule is CC(C)(C)C1CCC(=O)N(CCCCC(N)=S)CC1. The van der Waals surface area contributed by atoms with Crippen LogP contribution in [-0.2, 0) is 4.79 Å². The van der Waals surface area contributed by atoms with Gasteiger partial charge in [0.1, 0.15) is 0 Å². The number of nitrogens with zero attached hydrogens (tertiary/aromatic N) is 1. The number of hydrogen-bond acceptors (Lipinski definition) is 2. The first-order valence-corrected chi connectivity index (χ1v) is 7.77. The highest BCUT2D eigenvalue weighted by atomic mass is 32.1. The van der Waals surface area contributed by atoms with Gasteiger partial charge in [0.2, 0.25) is 5.91 Å². The molecule has 1 unspecified atom stereocenters. The van der Waals surface area contributed by atoms with Crippen molar-refractivity contribution < 1.29 is 4.79 Å². The number of nitrogens with two attached hydrogens (primary N) is 1. The molecule has 0 aliphatic carbocycles. The van der Waals surface area contributed by atoms with Crippen LogP contribution < -0.4 is 5.73 Å². The topological polar surface area (TPSA) is 46.3 Å². The summed E-state index contributed by atoms with van der Waals surface area (Å²) in [6.07, 6.45) is 5.65. The van der Waals surface area contributed by atoms with E-state index < -0.39 is 0 Å². The summed E-state index contributed by atoms with van der Waals surface area (Å²) in [5.41, 5.74) is 5.79. The van der Waals surface area contributed by atoms with Gasteiger partial charge in [-0.15, -0.1) is 0 Å². The molecule has 1 aliphatic heterocycles. The number of carbonyl (C=O) groups is 1. The number of carbonyl (C=O) groups excluding carboxylic acids is 1. The number of thiocarbonyl (C=S) groups is 1.